The third kappa shape index (κ3) is 3.83. The van der Waals surface area contributed by atoms with Crippen LogP contribution in [0.4, 0.5) is 4.79 Å². The zero-order valence-corrected chi connectivity index (χ0v) is 16.1. The molecule has 1 aliphatic heterocycles. The predicted octanol–water partition coefficient (Wildman–Crippen LogP) is 2.52. The molecule has 25 heavy (non-hydrogen) atoms. The maximum atomic E-state index is 12.5. The Hall–Kier alpha value is -1.57. The van der Waals surface area contributed by atoms with Crippen molar-refractivity contribution >= 4 is 23.7 Å². The second kappa shape index (κ2) is 7.35. The topological polar surface area (TPSA) is 80.1 Å². The Morgan fingerprint density at radius 2 is 1.96 bits per heavy atom. The summed E-state index contributed by atoms with van der Waals surface area (Å²) in [5, 5.41) is 7.45. The second-order valence-corrected chi connectivity index (χ2v) is 8.36. The molecule has 1 saturated heterocycles. The first-order valence-corrected chi connectivity index (χ1v) is 10.4. The highest BCUT2D eigenvalue weighted by atomic mass is 32.2. The molecule has 1 N–H and O–H groups in total. The van der Waals surface area contributed by atoms with E-state index in [4.69, 9.17) is 5.10 Å². The standard InChI is InChI=1S/C17H27N5O2S/c1-17(2)15(23)21(16(24)19-17)11-14-18-13(9-10-25-3)20-22(14)12-7-5-4-6-8-12/h12H,4-11H2,1-3H3,(H,19,24). The van der Waals surface area contributed by atoms with Gasteiger partial charge in [0.05, 0.1) is 12.6 Å². The molecule has 0 aromatic carbocycles. The molecule has 7 nitrogen and oxygen atoms in total. The van der Waals surface area contributed by atoms with Gasteiger partial charge in [-0.25, -0.2) is 14.5 Å². The molecule has 0 atom stereocenters. The SMILES string of the molecule is CSCCc1nc(CN2C(=O)NC(C)(C)C2=O)n(C2CCCCC2)n1. The number of thioether (sulfide) groups is 1. The molecule has 2 fully saturated rings. The maximum absolute atomic E-state index is 12.5. The Bertz CT molecular complexity index is 651. The highest BCUT2D eigenvalue weighted by Crippen LogP contribution is 2.29. The summed E-state index contributed by atoms with van der Waals surface area (Å²) in [4.78, 5) is 30.6. The first-order chi connectivity index (χ1) is 11.9. The van der Waals surface area contributed by atoms with Gasteiger partial charge in [0.15, 0.2) is 5.82 Å². The molecule has 1 aliphatic carbocycles. The molecule has 0 bridgehead atoms. The van der Waals surface area contributed by atoms with E-state index in [0.29, 0.717) is 6.04 Å². The van der Waals surface area contributed by atoms with Crippen molar-refractivity contribution in [2.75, 3.05) is 12.0 Å². The fraction of sp³-hybridized carbons (Fsp3) is 0.765. The van der Waals surface area contributed by atoms with Crippen LogP contribution in [0.5, 0.6) is 0 Å². The number of imide groups is 1. The molecule has 1 saturated carbocycles. The first kappa shape index (κ1) is 18.2. The van der Waals surface area contributed by atoms with Gasteiger partial charge in [0, 0.05) is 12.2 Å². The number of aryl methyl sites for hydroxylation is 1. The largest absolute Gasteiger partial charge is 0.325 e. The molecule has 3 rings (SSSR count). The van der Waals surface area contributed by atoms with Crippen LogP contribution >= 0.6 is 11.8 Å². The molecule has 3 amide bonds. The number of aromatic nitrogens is 3. The smallest absolute Gasteiger partial charge is 0.324 e. The van der Waals surface area contributed by atoms with Crippen molar-refractivity contribution in [2.45, 2.75) is 70.5 Å². The molecular formula is C17H27N5O2S. The number of carbonyl (C=O) groups excluding carboxylic acids is 2. The van der Waals surface area contributed by atoms with Crippen LogP contribution < -0.4 is 5.32 Å². The summed E-state index contributed by atoms with van der Waals surface area (Å²) in [6, 6.07) is -0.0214. The summed E-state index contributed by atoms with van der Waals surface area (Å²) in [5.41, 5.74) is -0.853. The second-order valence-electron chi connectivity index (χ2n) is 7.37. The number of carbonyl (C=O) groups is 2. The highest BCUT2D eigenvalue weighted by Gasteiger charge is 2.44. The van der Waals surface area contributed by atoms with Crippen molar-refractivity contribution in [2.24, 2.45) is 0 Å². The normalized spacial score (nSPS) is 21.0. The predicted molar refractivity (Wildman–Crippen MR) is 97.4 cm³/mol. The Balaban J connectivity index is 1.84. The van der Waals surface area contributed by atoms with E-state index in [0.717, 1.165) is 36.7 Å². The van der Waals surface area contributed by atoms with E-state index in [1.165, 1.54) is 24.2 Å². The van der Waals surface area contributed by atoms with Gasteiger partial charge in [-0.1, -0.05) is 19.3 Å². The van der Waals surface area contributed by atoms with Gasteiger partial charge in [-0.2, -0.15) is 16.9 Å². The quantitative estimate of drug-likeness (QED) is 0.784. The van der Waals surface area contributed by atoms with Crippen molar-refractivity contribution in [3.63, 3.8) is 0 Å². The van der Waals surface area contributed by atoms with E-state index in [9.17, 15) is 9.59 Å². The molecule has 1 aromatic heterocycles. The molecular weight excluding hydrogens is 338 g/mol. The summed E-state index contributed by atoms with van der Waals surface area (Å²) in [5.74, 6) is 2.29. The minimum absolute atomic E-state index is 0.191. The Kier molecular flexibility index (Phi) is 5.36. The van der Waals surface area contributed by atoms with E-state index in [-0.39, 0.29) is 18.5 Å². The summed E-state index contributed by atoms with van der Waals surface area (Å²) < 4.78 is 1.99. The van der Waals surface area contributed by atoms with Crippen molar-refractivity contribution in [3.8, 4) is 0 Å². The summed E-state index contributed by atoms with van der Waals surface area (Å²) in [6.07, 6.45) is 8.70. The van der Waals surface area contributed by atoms with Crippen molar-refractivity contribution < 1.29 is 9.59 Å². The summed E-state index contributed by atoms with van der Waals surface area (Å²) >= 11 is 1.76. The van der Waals surface area contributed by atoms with Crippen LogP contribution in [-0.4, -0.2) is 49.2 Å². The van der Waals surface area contributed by atoms with E-state index < -0.39 is 5.54 Å². The molecule has 8 heteroatoms. The average Bonchev–Trinajstić information content (AvgIpc) is 3.08. The summed E-state index contributed by atoms with van der Waals surface area (Å²) in [6.45, 7) is 3.64. The Morgan fingerprint density at radius 3 is 2.56 bits per heavy atom. The van der Waals surface area contributed by atoms with E-state index in [1.807, 2.05) is 4.68 Å². The van der Waals surface area contributed by atoms with Gasteiger partial charge in [0.25, 0.3) is 5.91 Å². The Morgan fingerprint density at radius 1 is 1.24 bits per heavy atom. The minimum Gasteiger partial charge on any atom is -0.324 e. The lowest BCUT2D eigenvalue weighted by atomic mass is 9.95. The van der Waals surface area contributed by atoms with E-state index >= 15 is 0 Å². The van der Waals surface area contributed by atoms with Crippen LogP contribution in [0.1, 0.15) is 63.6 Å². The molecule has 138 valence electrons. The third-order valence-electron chi connectivity index (χ3n) is 4.94. The maximum Gasteiger partial charge on any atom is 0.325 e. The average molecular weight is 366 g/mol. The number of hydrogen-bond donors (Lipinski definition) is 1. The monoisotopic (exact) mass is 365 g/mol. The van der Waals surface area contributed by atoms with Crippen molar-refractivity contribution in [1.82, 2.24) is 25.0 Å². The number of nitrogens with zero attached hydrogens (tertiary/aromatic N) is 4. The molecule has 2 heterocycles. The van der Waals surface area contributed by atoms with Gasteiger partial charge in [-0.15, -0.1) is 0 Å². The lowest BCUT2D eigenvalue weighted by Crippen LogP contribution is -2.40. The van der Waals surface area contributed by atoms with Crippen LogP contribution in [0, 0.1) is 0 Å². The Labute approximate surface area is 152 Å². The van der Waals surface area contributed by atoms with Gasteiger partial charge in [-0.3, -0.25) is 9.69 Å². The molecule has 1 aromatic rings. The van der Waals surface area contributed by atoms with Gasteiger partial charge in [0.1, 0.15) is 11.4 Å². The molecule has 0 spiro atoms. The van der Waals surface area contributed by atoms with E-state index in [1.54, 1.807) is 25.6 Å². The zero-order valence-electron chi connectivity index (χ0n) is 15.2. The molecule has 0 unspecified atom stereocenters. The zero-order chi connectivity index (χ0) is 18.0. The van der Waals surface area contributed by atoms with Gasteiger partial charge in [0.2, 0.25) is 0 Å². The minimum atomic E-state index is -0.853. The van der Waals surface area contributed by atoms with Crippen molar-refractivity contribution in [3.05, 3.63) is 11.6 Å². The van der Waals surface area contributed by atoms with Gasteiger partial charge in [-0.05, 0) is 32.9 Å². The van der Waals surface area contributed by atoms with Gasteiger partial charge < -0.3 is 5.32 Å². The van der Waals surface area contributed by atoms with Crippen LogP contribution in [0.25, 0.3) is 0 Å². The lowest BCUT2D eigenvalue weighted by Gasteiger charge is -2.24. The van der Waals surface area contributed by atoms with Crippen LogP contribution in [-0.2, 0) is 17.8 Å². The number of hydrogen-bond acceptors (Lipinski definition) is 5. The number of urea groups is 1. The lowest BCUT2D eigenvalue weighted by molar-refractivity contribution is -0.130. The van der Waals surface area contributed by atoms with Crippen LogP contribution in [0.3, 0.4) is 0 Å². The van der Waals surface area contributed by atoms with Crippen LogP contribution in [0.15, 0.2) is 0 Å². The number of nitrogens with one attached hydrogen (secondary N) is 1. The van der Waals surface area contributed by atoms with Crippen molar-refractivity contribution in [1.29, 1.82) is 0 Å². The van der Waals surface area contributed by atoms with E-state index in [2.05, 4.69) is 16.6 Å². The van der Waals surface area contributed by atoms with Crippen LogP contribution in [0.2, 0.25) is 0 Å². The number of rotatable bonds is 6. The van der Waals surface area contributed by atoms with Gasteiger partial charge >= 0.3 is 6.03 Å². The molecule has 2 aliphatic rings. The first-order valence-electron chi connectivity index (χ1n) is 8.99. The fourth-order valence-electron chi connectivity index (χ4n) is 3.53. The fourth-order valence-corrected chi connectivity index (χ4v) is 3.92. The number of amides is 3. The summed E-state index contributed by atoms with van der Waals surface area (Å²) in [7, 11) is 0. The molecule has 0 radical (unpaired) electrons. The highest BCUT2D eigenvalue weighted by molar-refractivity contribution is 7.98. The third-order valence-corrected chi connectivity index (χ3v) is 5.55.